The van der Waals surface area contributed by atoms with Crippen LogP contribution >= 0.6 is 0 Å². The van der Waals surface area contributed by atoms with Gasteiger partial charge in [0.1, 0.15) is 0 Å². The van der Waals surface area contributed by atoms with Gasteiger partial charge in [0.15, 0.2) is 0 Å². The predicted molar refractivity (Wildman–Crippen MR) is 152 cm³/mol. The first kappa shape index (κ1) is 27.1. The maximum atomic E-state index is 12.5. The number of ether oxygens (including phenoxy) is 1. The molecular formula is C29H40N8O2. The van der Waals surface area contributed by atoms with Crippen molar-refractivity contribution in [3.05, 3.63) is 54.0 Å². The number of aromatic nitrogens is 4. The van der Waals surface area contributed by atoms with Crippen LogP contribution in [0.5, 0.6) is 0 Å². The van der Waals surface area contributed by atoms with E-state index in [0.29, 0.717) is 31.6 Å². The van der Waals surface area contributed by atoms with Gasteiger partial charge in [-0.1, -0.05) is 12.1 Å². The maximum Gasteiger partial charge on any atom is 0.317 e. The molecule has 2 saturated heterocycles. The third kappa shape index (κ3) is 6.93. The van der Waals surface area contributed by atoms with Crippen LogP contribution < -0.4 is 10.6 Å². The lowest BCUT2D eigenvalue weighted by Crippen LogP contribution is -2.59. The van der Waals surface area contributed by atoms with Crippen LogP contribution in [0.1, 0.15) is 50.8 Å². The summed E-state index contributed by atoms with van der Waals surface area (Å²) in [5.74, 6) is 0.535. The maximum absolute atomic E-state index is 12.5. The Labute approximate surface area is 230 Å². The lowest BCUT2D eigenvalue weighted by Gasteiger charge is -2.41. The molecule has 0 spiro atoms. The van der Waals surface area contributed by atoms with E-state index in [4.69, 9.17) is 9.72 Å². The second-order valence-corrected chi connectivity index (χ2v) is 11.7. The summed E-state index contributed by atoms with van der Waals surface area (Å²) < 4.78 is 7.98. The van der Waals surface area contributed by atoms with Gasteiger partial charge in [0.2, 0.25) is 5.95 Å². The van der Waals surface area contributed by atoms with Gasteiger partial charge in [-0.3, -0.25) is 4.68 Å². The van der Waals surface area contributed by atoms with Crippen molar-refractivity contribution < 1.29 is 9.53 Å². The number of anilines is 2. The number of amides is 2. The third-order valence-corrected chi connectivity index (χ3v) is 7.30. The van der Waals surface area contributed by atoms with Gasteiger partial charge in [-0.25, -0.2) is 14.8 Å². The Bertz CT molecular complexity index is 1290. The van der Waals surface area contributed by atoms with E-state index >= 15 is 0 Å². The minimum atomic E-state index is -0.192. The van der Waals surface area contributed by atoms with Crippen molar-refractivity contribution in [2.24, 2.45) is 0 Å². The molecule has 10 nitrogen and oxygen atoms in total. The summed E-state index contributed by atoms with van der Waals surface area (Å²) in [4.78, 5) is 25.8. The Balaban J connectivity index is 1.16. The first-order chi connectivity index (χ1) is 18.6. The van der Waals surface area contributed by atoms with Gasteiger partial charge in [0.25, 0.3) is 0 Å². The van der Waals surface area contributed by atoms with Crippen LogP contribution in [0.4, 0.5) is 16.4 Å². The molecule has 0 saturated carbocycles. The molecule has 1 aromatic carbocycles. The van der Waals surface area contributed by atoms with Gasteiger partial charge in [-0.2, -0.15) is 5.10 Å². The van der Waals surface area contributed by atoms with Gasteiger partial charge in [-0.15, -0.1) is 0 Å². The van der Waals surface area contributed by atoms with Crippen LogP contribution in [0.15, 0.2) is 42.9 Å². The summed E-state index contributed by atoms with van der Waals surface area (Å²) >= 11 is 0. The fraction of sp³-hybridized carbons (Fsp3) is 0.517. The lowest BCUT2D eigenvalue weighted by molar-refractivity contribution is -0.111. The molecule has 2 aliphatic rings. The number of likely N-dealkylation sites (tertiary alicyclic amines) is 2. The molecule has 0 unspecified atom stereocenters. The van der Waals surface area contributed by atoms with Crippen molar-refractivity contribution in [2.45, 2.75) is 64.8 Å². The Kier molecular flexibility index (Phi) is 7.86. The smallest absolute Gasteiger partial charge is 0.317 e. The molecule has 2 N–H and O–H groups in total. The van der Waals surface area contributed by atoms with E-state index in [0.717, 1.165) is 54.0 Å². The normalized spacial score (nSPS) is 17.2. The van der Waals surface area contributed by atoms with Crippen LogP contribution in [0.3, 0.4) is 0 Å². The van der Waals surface area contributed by atoms with Gasteiger partial charge in [-0.05, 0) is 83.9 Å². The van der Waals surface area contributed by atoms with Gasteiger partial charge >= 0.3 is 6.03 Å². The number of nitrogens with zero attached hydrogens (tertiary/aromatic N) is 6. The van der Waals surface area contributed by atoms with Gasteiger partial charge in [0.05, 0.1) is 48.4 Å². The molecule has 0 aliphatic carbocycles. The molecular weight excluding hydrogens is 492 g/mol. The van der Waals surface area contributed by atoms with E-state index in [2.05, 4.69) is 50.3 Å². The van der Waals surface area contributed by atoms with E-state index in [-0.39, 0.29) is 17.7 Å². The summed E-state index contributed by atoms with van der Waals surface area (Å²) in [6.45, 7) is 12.1. The SMILES string of the molecule is Cc1cc(-c2ccnc(Nc3cnn(C4CCN(C)CC4)c3)n2)ccc1CNC(=O)N1CC(OC(C)(C)C)C1. The molecule has 39 heavy (non-hydrogen) atoms. The third-order valence-electron chi connectivity index (χ3n) is 7.30. The summed E-state index contributed by atoms with van der Waals surface area (Å²) in [6.07, 6.45) is 7.96. The number of hydrogen-bond donors (Lipinski definition) is 2. The Hall–Kier alpha value is -3.50. The van der Waals surface area contributed by atoms with Crippen molar-refractivity contribution in [2.75, 3.05) is 38.5 Å². The summed E-state index contributed by atoms with van der Waals surface area (Å²) in [5, 5.41) is 10.9. The lowest BCUT2D eigenvalue weighted by atomic mass is 10.0. The van der Waals surface area contributed by atoms with Crippen LogP contribution in [-0.4, -0.2) is 80.5 Å². The van der Waals surface area contributed by atoms with E-state index in [1.54, 1.807) is 11.1 Å². The molecule has 4 heterocycles. The molecule has 208 valence electrons. The summed E-state index contributed by atoms with van der Waals surface area (Å²) in [6, 6.07) is 8.47. The first-order valence-electron chi connectivity index (χ1n) is 13.8. The van der Waals surface area contributed by atoms with Crippen molar-refractivity contribution in [1.82, 2.24) is 34.9 Å². The van der Waals surface area contributed by atoms with Gasteiger partial charge < -0.3 is 25.2 Å². The van der Waals surface area contributed by atoms with E-state index in [1.165, 1.54) is 0 Å². The van der Waals surface area contributed by atoms with Crippen LogP contribution in [-0.2, 0) is 11.3 Å². The number of benzene rings is 1. The zero-order valence-corrected chi connectivity index (χ0v) is 23.6. The van der Waals surface area contributed by atoms with E-state index < -0.39 is 0 Å². The standard InChI is InChI=1S/C29H40N8O2/c1-20-14-21(6-7-22(20)15-31-28(38)36-18-25(19-36)39-29(2,3)4)26-8-11-30-27(34-26)33-23-16-32-37(17-23)24-9-12-35(5)13-10-24/h6-8,11,14,16-17,24-25H,9-10,12-13,15,18-19H2,1-5H3,(H,31,38)(H,30,33,34). The van der Waals surface area contributed by atoms with Crippen LogP contribution in [0.25, 0.3) is 11.3 Å². The number of nitrogens with one attached hydrogen (secondary N) is 2. The summed E-state index contributed by atoms with van der Waals surface area (Å²) in [7, 11) is 2.16. The monoisotopic (exact) mass is 532 g/mol. The van der Waals surface area contributed by atoms with Crippen LogP contribution in [0, 0.1) is 6.92 Å². The van der Waals surface area contributed by atoms with Crippen molar-refractivity contribution in [3.8, 4) is 11.3 Å². The molecule has 0 radical (unpaired) electrons. The number of hydrogen-bond acceptors (Lipinski definition) is 7. The highest BCUT2D eigenvalue weighted by molar-refractivity contribution is 5.75. The second kappa shape index (κ2) is 11.3. The van der Waals surface area contributed by atoms with E-state index in [1.807, 2.05) is 51.4 Å². The predicted octanol–water partition coefficient (Wildman–Crippen LogP) is 4.37. The van der Waals surface area contributed by atoms with Crippen LogP contribution in [0.2, 0.25) is 0 Å². The number of rotatable bonds is 7. The Morgan fingerprint density at radius 3 is 2.64 bits per heavy atom. The highest BCUT2D eigenvalue weighted by Gasteiger charge is 2.34. The zero-order valence-electron chi connectivity index (χ0n) is 23.6. The number of carbonyl (C=O) groups is 1. The largest absolute Gasteiger partial charge is 0.369 e. The molecule has 0 bridgehead atoms. The number of carbonyl (C=O) groups excluding carboxylic acids is 1. The van der Waals surface area contributed by atoms with Crippen molar-refractivity contribution >= 4 is 17.7 Å². The number of piperidine rings is 1. The number of urea groups is 1. The highest BCUT2D eigenvalue weighted by atomic mass is 16.5. The van der Waals surface area contributed by atoms with Crippen molar-refractivity contribution in [3.63, 3.8) is 0 Å². The van der Waals surface area contributed by atoms with Crippen molar-refractivity contribution in [1.29, 1.82) is 0 Å². The Morgan fingerprint density at radius 2 is 1.92 bits per heavy atom. The average molecular weight is 533 g/mol. The fourth-order valence-corrected chi connectivity index (χ4v) is 5.09. The molecule has 2 fully saturated rings. The zero-order chi connectivity index (χ0) is 27.6. The minimum Gasteiger partial charge on any atom is -0.369 e. The molecule has 0 atom stereocenters. The molecule has 10 heteroatoms. The molecule has 2 aliphatic heterocycles. The average Bonchev–Trinajstić information content (AvgIpc) is 3.33. The topological polar surface area (TPSA) is 100 Å². The molecule has 2 aromatic heterocycles. The van der Waals surface area contributed by atoms with Gasteiger partial charge in [0, 0.05) is 24.5 Å². The second-order valence-electron chi connectivity index (χ2n) is 11.7. The quantitative estimate of drug-likeness (QED) is 0.466. The van der Waals surface area contributed by atoms with E-state index in [9.17, 15) is 4.79 Å². The molecule has 5 rings (SSSR count). The molecule has 2 amide bonds. The Morgan fingerprint density at radius 1 is 1.15 bits per heavy atom. The minimum absolute atomic E-state index is 0.0575. The first-order valence-corrected chi connectivity index (χ1v) is 13.8. The fourth-order valence-electron chi connectivity index (χ4n) is 5.09. The number of aryl methyl sites for hydroxylation is 1. The summed E-state index contributed by atoms with van der Waals surface area (Å²) in [5.41, 5.74) is 4.69. The highest BCUT2D eigenvalue weighted by Crippen LogP contribution is 2.25. The molecule has 3 aromatic rings.